The third-order valence-corrected chi connectivity index (χ3v) is 4.23. The van der Waals surface area contributed by atoms with E-state index in [-0.39, 0.29) is 30.5 Å². The Balaban J connectivity index is 1.57. The van der Waals surface area contributed by atoms with Crippen molar-refractivity contribution in [3.63, 3.8) is 0 Å². The van der Waals surface area contributed by atoms with Crippen LogP contribution in [0.4, 0.5) is 5.69 Å². The summed E-state index contributed by atoms with van der Waals surface area (Å²) in [5, 5.41) is 3.06. The molecule has 2 aliphatic rings. The van der Waals surface area contributed by atoms with Crippen LogP contribution >= 0.6 is 0 Å². The first-order valence-electron chi connectivity index (χ1n) is 7.44. The minimum Gasteiger partial charge on any atom is -0.375 e. The number of hydrogen-bond donors (Lipinski definition) is 1. The molecule has 1 N–H and O–H groups in total. The van der Waals surface area contributed by atoms with Gasteiger partial charge in [0.25, 0.3) is 0 Å². The number of amides is 2. The van der Waals surface area contributed by atoms with Crippen molar-refractivity contribution < 1.29 is 14.3 Å². The topological polar surface area (TPSA) is 74.8 Å². The van der Waals surface area contributed by atoms with Crippen LogP contribution in [0.2, 0.25) is 0 Å². The summed E-state index contributed by atoms with van der Waals surface area (Å²) in [6, 6.07) is 3.64. The standard InChI is InChI=1S/C15H20N4O3/c1-18-12-9-19(10-13(12)22-6-4-14(18)20)15(21)8-17-11-3-2-5-16-7-11/h2-3,5,7,12-13,17H,4,6,8-10H2,1H3/t12-,13-/m0/s1. The largest absolute Gasteiger partial charge is 0.375 e. The smallest absolute Gasteiger partial charge is 0.242 e. The number of ether oxygens (including phenoxy) is 1. The second-order valence-corrected chi connectivity index (χ2v) is 5.63. The number of anilines is 1. The van der Waals surface area contributed by atoms with E-state index in [0.29, 0.717) is 26.1 Å². The summed E-state index contributed by atoms with van der Waals surface area (Å²) < 4.78 is 5.72. The van der Waals surface area contributed by atoms with Gasteiger partial charge in [-0.3, -0.25) is 14.6 Å². The molecular weight excluding hydrogens is 284 g/mol. The number of fused-ring (bicyclic) bond motifs is 1. The van der Waals surface area contributed by atoms with E-state index >= 15 is 0 Å². The van der Waals surface area contributed by atoms with Gasteiger partial charge in [0.2, 0.25) is 11.8 Å². The Bertz CT molecular complexity index is 551. The van der Waals surface area contributed by atoms with Gasteiger partial charge in [-0.25, -0.2) is 0 Å². The predicted octanol–water partition coefficient (Wildman–Crippen LogP) is -0.0484. The van der Waals surface area contributed by atoms with Gasteiger partial charge in [-0.05, 0) is 12.1 Å². The molecular formula is C15H20N4O3. The summed E-state index contributed by atoms with van der Waals surface area (Å²) in [5.74, 6) is 0.0802. The molecule has 0 aromatic carbocycles. The average molecular weight is 304 g/mol. The molecule has 2 amide bonds. The summed E-state index contributed by atoms with van der Waals surface area (Å²) in [6.07, 6.45) is 3.70. The molecule has 2 atom stereocenters. The average Bonchev–Trinajstić information content (AvgIpc) is 2.91. The number of hydrogen-bond acceptors (Lipinski definition) is 5. The molecule has 1 aromatic heterocycles. The van der Waals surface area contributed by atoms with Crippen LogP contribution in [0.25, 0.3) is 0 Å². The van der Waals surface area contributed by atoms with Gasteiger partial charge >= 0.3 is 0 Å². The maximum absolute atomic E-state index is 12.3. The lowest BCUT2D eigenvalue weighted by atomic mass is 10.2. The Labute approximate surface area is 129 Å². The van der Waals surface area contributed by atoms with Crippen LogP contribution in [0.5, 0.6) is 0 Å². The first kappa shape index (κ1) is 14.8. The molecule has 3 heterocycles. The zero-order valence-electron chi connectivity index (χ0n) is 12.6. The van der Waals surface area contributed by atoms with Crippen LogP contribution in [-0.2, 0) is 14.3 Å². The second kappa shape index (κ2) is 6.31. The van der Waals surface area contributed by atoms with E-state index in [0.717, 1.165) is 5.69 Å². The van der Waals surface area contributed by atoms with E-state index in [1.54, 1.807) is 29.2 Å². The molecule has 0 aliphatic carbocycles. The molecule has 7 nitrogen and oxygen atoms in total. The minimum atomic E-state index is -0.0845. The Morgan fingerprint density at radius 1 is 1.50 bits per heavy atom. The van der Waals surface area contributed by atoms with Crippen molar-refractivity contribution in [2.45, 2.75) is 18.6 Å². The van der Waals surface area contributed by atoms with Crippen LogP contribution in [0, 0.1) is 0 Å². The fourth-order valence-corrected chi connectivity index (χ4v) is 2.91. The molecule has 2 saturated heterocycles. The molecule has 0 unspecified atom stereocenters. The Kier molecular flexibility index (Phi) is 4.24. The van der Waals surface area contributed by atoms with Crippen molar-refractivity contribution in [1.82, 2.24) is 14.8 Å². The monoisotopic (exact) mass is 304 g/mol. The maximum Gasteiger partial charge on any atom is 0.242 e. The van der Waals surface area contributed by atoms with Crippen LogP contribution in [0.3, 0.4) is 0 Å². The number of likely N-dealkylation sites (tertiary alicyclic amines) is 1. The van der Waals surface area contributed by atoms with Gasteiger partial charge in [0.15, 0.2) is 0 Å². The summed E-state index contributed by atoms with van der Waals surface area (Å²) >= 11 is 0. The number of likely N-dealkylation sites (N-methyl/N-ethyl adjacent to an activating group) is 1. The van der Waals surface area contributed by atoms with E-state index in [9.17, 15) is 9.59 Å². The molecule has 2 aliphatic heterocycles. The van der Waals surface area contributed by atoms with Gasteiger partial charge in [0.1, 0.15) is 0 Å². The van der Waals surface area contributed by atoms with Crippen LogP contribution in [0.15, 0.2) is 24.5 Å². The van der Waals surface area contributed by atoms with E-state index in [4.69, 9.17) is 4.74 Å². The van der Waals surface area contributed by atoms with Crippen molar-refractivity contribution in [3.8, 4) is 0 Å². The maximum atomic E-state index is 12.3. The molecule has 0 radical (unpaired) electrons. The molecule has 7 heteroatoms. The summed E-state index contributed by atoms with van der Waals surface area (Å²) in [7, 11) is 1.79. The van der Waals surface area contributed by atoms with E-state index in [1.165, 1.54) is 0 Å². The molecule has 0 saturated carbocycles. The molecule has 0 spiro atoms. The number of carbonyl (C=O) groups excluding carboxylic acids is 2. The fraction of sp³-hybridized carbons (Fsp3) is 0.533. The number of pyridine rings is 1. The second-order valence-electron chi connectivity index (χ2n) is 5.63. The molecule has 3 rings (SSSR count). The first-order valence-corrected chi connectivity index (χ1v) is 7.44. The molecule has 1 aromatic rings. The normalized spacial score (nSPS) is 24.9. The third kappa shape index (κ3) is 3.04. The lowest BCUT2D eigenvalue weighted by Crippen LogP contribution is -2.43. The van der Waals surface area contributed by atoms with Gasteiger partial charge in [-0.2, -0.15) is 0 Å². The summed E-state index contributed by atoms with van der Waals surface area (Å²) in [6.45, 7) is 1.71. The zero-order valence-corrected chi connectivity index (χ0v) is 12.6. The van der Waals surface area contributed by atoms with Gasteiger partial charge in [0, 0.05) is 32.5 Å². The van der Waals surface area contributed by atoms with Crippen LogP contribution in [0.1, 0.15) is 6.42 Å². The van der Waals surface area contributed by atoms with E-state index in [2.05, 4.69) is 10.3 Å². The SMILES string of the molecule is CN1C(=O)CCO[C@H]2CN(C(=O)CNc3cccnc3)C[C@@H]21. The molecule has 22 heavy (non-hydrogen) atoms. The number of rotatable bonds is 3. The summed E-state index contributed by atoms with van der Waals surface area (Å²) in [5.41, 5.74) is 0.813. The van der Waals surface area contributed by atoms with Crippen molar-refractivity contribution in [1.29, 1.82) is 0 Å². The van der Waals surface area contributed by atoms with Crippen molar-refractivity contribution in [3.05, 3.63) is 24.5 Å². The van der Waals surface area contributed by atoms with Crippen molar-refractivity contribution >= 4 is 17.5 Å². The summed E-state index contributed by atoms with van der Waals surface area (Å²) in [4.78, 5) is 31.7. The van der Waals surface area contributed by atoms with E-state index < -0.39 is 0 Å². The van der Waals surface area contributed by atoms with Gasteiger partial charge < -0.3 is 19.9 Å². The molecule has 118 valence electrons. The zero-order chi connectivity index (χ0) is 15.5. The first-order chi connectivity index (χ1) is 10.6. The van der Waals surface area contributed by atoms with Crippen molar-refractivity contribution in [2.24, 2.45) is 0 Å². The third-order valence-electron chi connectivity index (χ3n) is 4.23. The Hall–Kier alpha value is -2.15. The highest BCUT2D eigenvalue weighted by Gasteiger charge is 2.41. The van der Waals surface area contributed by atoms with Gasteiger partial charge in [-0.1, -0.05) is 0 Å². The van der Waals surface area contributed by atoms with Crippen molar-refractivity contribution in [2.75, 3.05) is 38.6 Å². The quantitative estimate of drug-likeness (QED) is 0.847. The highest BCUT2D eigenvalue weighted by molar-refractivity contribution is 5.82. The number of nitrogens with one attached hydrogen (secondary N) is 1. The lowest BCUT2D eigenvalue weighted by molar-refractivity contribution is -0.133. The fourth-order valence-electron chi connectivity index (χ4n) is 2.91. The van der Waals surface area contributed by atoms with Crippen LogP contribution < -0.4 is 5.32 Å². The molecule has 0 bridgehead atoms. The Morgan fingerprint density at radius 3 is 3.14 bits per heavy atom. The highest BCUT2D eigenvalue weighted by atomic mass is 16.5. The van der Waals surface area contributed by atoms with Gasteiger partial charge in [-0.15, -0.1) is 0 Å². The Morgan fingerprint density at radius 2 is 2.36 bits per heavy atom. The lowest BCUT2D eigenvalue weighted by Gasteiger charge is -2.25. The number of carbonyl (C=O) groups is 2. The number of nitrogens with zero attached hydrogens (tertiary/aromatic N) is 3. The highest BCUT2D eigenvalue weighted by Crippen LogP contribution is 2.22. The number of aromatic nitrogens is 1. The van der Waals surface area contributed by atoms with E-state index in [1.807, 2.05) is 12.1 Å². The molecule has 2 fully saturated rings. The minimum absolute atomic E-state index is 0.00127. The van der Waals surface area contributed by atoms with Crippen LogP contribution in [-0.4, -0.2) is 72.0 Å². The van der Waals surface area contributed by atoms with Gasteiger partial charge in [0.05, 0.1) is 37.4 Å². The predicted molar refractivity (Wildman–Crippen MR) is 80.2 cm³/mol.